The van der Waals surface area contributed by atoms with Gasteiger partial charge in [-0.2, -0.15) is 0 Å². The number of rotatable bonds is 7. The number of benzene rings is 1. The van der Waals surface area contributed by atoms with Crippen molar-refractivity contribution in [2.24, 2.45) is 0 Å². The van der Waals surface area contributed by atoms with Crippen LogP contribution >= 0.6 is 0 Å². The molecule has 0 aliphatic rings. The molecule has 0 fully saturated rings. The number of esters is 1. The summed E-state index contributed by atoms with van der Waals surface area (Å²) in [4.78, 5) is 11.9. The molecule has 4 nitrogen and oxygen atoms in total. The first-order chi connectivity index (χ1) is 8.72. The zero-order valence-electron chi connectivity index (χ0n) is 10.8. The van der Waals surface area contributed by atoms with Crippen molar-refractivity contribution in [1.82, 2.24) is 5.32 Å². The van der Waals surface area contributed by atoms with Crippen LogP contribution in [0.5, 0.6) is 5.75 Å². The highest BCUT2D eigenvalue weighted by Crippen LogP contribution is 2.18. The topological polar surface area (TPSA) is 47.6 Å². The van der Waals surface area contributed by atoms with Gasteiger partial charge in [-0.05, 0) is 24.6 Å². The van der Waals surface area contributed by atoms with Gasteiger partial charge in [-0.15, -0.1) is 6.58 Å². The molecule has 1 aromatic rings. The Morgan fingerprint density at radius 2 is 2.11 bits per heavy atom. The van der Waals surface area contributed by atoms with Crippen LogP contribution in [0.3, 0.4) is 0 Å². The van der Waals surface area contributed by atoms with Gasteiger partial charge in [0.15, 0.2) is 0 Å². The Balaban J connectivity index is 2.85. The summed E-state index contributed by atoms with van der Waals surface area (Å²) in [6.45, 7) is 6.31. The average Bonchev–Trinajstić information content (AvgIpc) is 2.40. The molecule has 1 rings (SSSR count). The maximum Gasteiger partial charge on any atom is 0.327 e. The number of hydrogen-bond donors (Lipinski definition) is 1. The zero-order chi connectivity index (χ0) is 13.4. The van der Waals surface area contributed by atoms with E-state index in [4.69, 9.17) is 9.47 Å². The molecule has 0 saturated heterocycles. The minimum Gasteiger partial charge on any atom is -0.497 e. The Morgan fingerprint density at radius 1 is 1.44 bits per heavy atom. The third kappa shape index (κ3) is 3.89. The summed E-state index contributed by atoms with van der Waals surface area (Å²) in [7, 11) is 1.60. The van der Waals surface area contributed by atoms with Crippen molar-refractivity contribution < 1.29 is 14.3 Å². The summed E-state index contributed by atoms with van der Waals surface area (Å²) in [6.07, 6.45) is 1.70. The van der Waals surface area contributed by atoms with E-state index in [9.17, 15) is 4.79 Å². The van der Waals surface area contributed by atoms with E-state index in [1.54, 1.807) is 20.1 Å². The molecule has 1 aromatic carbocycles. The molecule has 0 aliphatic carbocycles. The molecule has 0 bridgehead atoms. The number of nitrogens with one attached hydrogen (secondary N) is 1. The molecule has 98 valence electrons. The average molecular weight is 249 g/mol. The molecular formula is C14H19NO3. The van der Waals surface area contributed by atoms with Crippen molar-refractivity contribution in [1.29, 1.82) is 0 Å². The molecule has 0 aromatic heterocycles. The number of hydrogen-bond acceptors (Lipinski definition) is 4. The molecule has 18 heavy (non-hydrogen) atoms. The predicted molar refractivity (Wildman–Crippen MR) is 70.6 cm³/mol. The van der Waals surface area contributed by atoms with Gasteiger partial charge < -0.3 is 9.47 Å². The van der Waals surface area contributed by atoms with Crippen molar-refractivity contribution in [3.63, 3.8) is 0 Å². The SMILES string of the molecule is C=CCNC(C(=O)OCC)c1ccc(OC)cc1. The number of ether oxygens (including phenoxy) is 2. The van der Waals surface area contributed by atoms with E-state index in [2.05, 4.69) is 11.9 Å². The standard InChI is InChI=1S/C14H19NO3/c1-4-10-15-13(14(16)18-5-2)11-6-8-12(17-3)9-7-11/h4,6-9,13,15H,1,5,10H2,2-3H3. The van der Waals surface area contributed by atoms with Gasteiger partial charge in [-0.1, -0.05) is 18.2 Å². The molecule has 0 amide bonds. The van der Waals surface area contributed by atoms with Crippen LogP contribution in [0.1, 0.15) is 18.5 Å². The van der Waals surface area contributed by atoms with E-state index in [-0.39, 0.29) is 5.97 Å². The molecule has 1 N–H and O–H groups in total. The van der Waals surface area contributed by atoms with E-state index >= 15 is 0 Å². The summed E-state index contributed by atoms with van der Waals surface area (Å²) < 4.78 is 10.1. The third-order valence-electron chi connectivity index (χ3n) is 2.44. The maximum absolute atomic E-state index is 11.9. The summed E-state index contributed by atoms with van der Waals surface area (Å²) in [5.41, 5.74) is 0.844. The zero-order valence-corrected chi connectivity index (χ0v) is 10.8. The lowest BCUT2D eigenvalue weighted by Crippen LogP contribution is -2.30. The molecule has 0 heterocycles. The summed E-state index contributed by atoms with van der Waals surface area (Å²) in [5, 5.41) is 3.07. The Hall–Kier alpha value is -1.81. The molecule has 0 radical (unpaired) electrons. The quantitative estimate of drug-likeness (QED) is 0.593. The second-order valence-electron chi connectivity index (χ2n) is 3.66. The Labute approximate surface area is 108 Å². The highest BCUT2D eigenvalue weighted by Gasteiger charge is 2.20. The molecular weight excluding hydrogens is 230 g/mol. The molecule has 0 spiro atoms. The van der Waals surface area contributed by atoms with Crippen molar-refractivity contribution in [3.8, 4) is 5.75 Å². The Morgan fingerprint density at radius 3 is 2.61 bits per heavy atom. The number of carbonyl (C=O) groups is 1. The normalized spacial score (nSPS) is 11.7. The fraction of sp³-hybridized carbons (Fsp3) is 0.357. The van der Waals surface area contributed by atoms with Crippen molar-refractivity contribution in [2.75, 3.05) is 20.3 Å². The van der Waals surface area contributed by atoms with Gasteiger partial charge in [0.25, 0.3) is 0 Å². The van der Waals surface area contributed by atoms with Gasteiger partial charge in [-0.3, -0.25) is 5.32 Å². The molecule has 4 heteroatoms. The first-order valence-electron chi connectivity index (χ1n) is 5.87. The van der Waals surface area contributed by atoms with Crippen LogP contribution in [0.2, 0.25) is 0 Å². The molecule has 1 atom stereocenters. The maximum atomic E-state index is 11.9. The van der Waals surface area contributed by atoms with E-state index in [0.717, 1.165) is 11.3 Å². The first kappa shape index (κ1) is 14.3. The van der Waals surface area contributed by atoms with Gasteiger partial charge in [0.2, 0.25) is 0 Å². The Bertz CT molecular complexity index is 387. The van der Waals surface area contributed by atoms with Gasteiger partial charge >= 0.3 is 5.97 Å². The second kappa shape index (κ2) is 7.50. The van der Waals surface area contributed by atoms with Crippen LogP contribution in [0.25, 0.3) is 0 Å². The summed E-state index contributed by atoms with van der Waals surface area (Å²) >= 11 is 0. The highest BCUT2D eigenvalue weighted by atomic mass is 16.5. The fourth-order valence-electron chi connectivity index (χ4n) is 1.56. The lowest BCUT2D eigenvalue weighted by molar-refractivity contribution is -0.145. The van der Waals surface area contributed by atoms with Crippen LogP contribution in [0.4, 0.5) is 0 Å². The van der Waals surface area contributed by atoms with E-state index in [0.29, 0.717) is 13.2 Å². The van der Waals surface area contributed by atoms with Crippen molar-refractivity contribution in [2.45, 2.75) is 13.0 Å². The molecule has 1 unspecified atom stereocenters. The van der Waals surface area contributed by atoms with E-state index < -0.39 is 6.04 Å². The van der Waals surface area contributed by atoms with Crippen molar-refractivity contribution >= 4 is 5.97 Å². The summed E-state index contributed by atoms with van der Waals surface area (Å²) in [5.74, 6) is 0.467. The van der Waals surface area contributed by atoms with Crippen LogP contribution in [-0.4, -0.2) is 26.2 Å². The van der Waals surface area contributed by atoms with Gasteiger partial charge in [0.05, 0.1) is 13.7 Å². The predicted octanol–water partition coefficient (Wildman–Crippen LogP) is 2.08. The lowest BCUT2D eigenvalue weighted by atomic mass is 10.1. The fourth-order valence-corrected chi connectivity index (χ4v) is 1.56. The minimum atomic E-state index is -0.478. The Kier molecular flexibility index (Phi) is 5.94. The van der Waals surface area contributed by atoms with Crippen molar-refractivity contribution in [3.05, 3.63) is 42.5 Å². The molecule has 0 saturated carbocycles. The number of carbonyl (C=O) groups excluding carboxylic acids is 1. The lowest BCUT2D eigenvalue weighted by Gasteiger charge is -2.17. The van der Waals surface area contributed by atoms with E-state index in [1.807, 2.05) is 24.3 Å². The van der Waals surface area contributed by atoms with Crippen LogP contribution in [0.15, 0.2) is 36.9 Å². The van der Waals surface area contributed by atoms with Gasteiger partial charge in [0.1, 0.15) is 11.8 Å². The summed E-state index contributed by atoms with van der Waals surface area (Å²) in [6, 6.07) is 6.84. The van der Waals surface area contributed by atoms with Crippen LogP contribution in [-0.2, 0) is 9.53 Å². The molecule has 0 aliphatic heterocycles. The highest BCUT2D eigenvalue weighted by molar-refractivity contribution is 5.77. The second-order valence-corrected chi connectivity index (χ2v) is 3.66. The third-order valence-corrected chi connectivity index (χ3v) is 2.44. The van der Waals surface area contributed by atoms with Crippen LogP contribution in [0, 0.1) is 0 Å². The van der Waals surface area contributed by atoms with Gasteiger partial charge in [0, 0.05) is 6.54 Å². The first-order valence-corrected chi connectivity index (χ1v) is 5.87. The minimum absolute atomic E-state index is 0.287. The van der Waals surface area contributed by atoms with Crippen LogP contribution < -0.4 is 10.1 Å². The smallest absolute Gasteiger partial charge is 0.327 e. The van der Waals surface area contributed by atoms with E-state index in [1.165, 1.54) is 0 Å². The number of methoxy groups -OCH3 is 1. The monoisotopic (exact) mass is 249 g/mol. The largest absolute Gasteiger partial charge is 0.497 e. The van der Waals surface area contributed by atoms with Gasteiger partial charge in [-0.25, -0.2) is 4.79 Å².